The highest BCUT2D eigenvalue weighted by Gasteiger charge is 2.23. The molecule has 0 bridgehead atoms. The van der Waals surface area contributed by atoms with Gasteiger partial charge in [0.05, 0.1) is 33.3 Å². The highest BCUT2D eigenvalue weighted by molar-refractivity contribution is 5.94. The lowest BCUT2D eigenvalue weighted by Gasteiger charge is -2.33. The summed E-state index contributed by atoms with van der Waals surface area (Å²) in [5, 5.41) is 5.15. The lowest BCUT2D eigenvalue weighted by Crippen LogP contribution is -3.16. The minimum Gasteiger partial charge on any atom is -0.497 e. The van der Waals surface area contributed by atoms with Crippen molar-refractivity contribution in [2.45, 2.75) is 26.3 Å². The zero-order valence-corrected chi connectivity index (χ0v) is 15.3. The van der Waals surface area contributed by atoms with Crippen molar-refractivity contribution in [1.29, 1.82) is 0 Å². The first-order valence-electron chi connectivity index (χ1n) is 8.84. The van der Waals surface area contributed by atoms with Crippen LogP contribution in [0.15, 0.2) is 24.3 Å². The van der Waals surface area contributed by atoms with Crippen LogP contribution in [0.5, 0.6) is 5.75 Å². The van der Waals surface area contributed by atoms with Crippen molar-refractivity contribution in [2.24, 2.45) is 0 Å². The minimum absolute atomic E-state index is 0.0631. The van der Waals surface area contributed by atoms with E-state index in [0.717, 1.165) is 44.0 Å². The van der Waals surface area contributed by atoms with Gasteiger partial charge in [-0.15, -0.1) is 0 Å². The number of amides is 3. The molecule has 1 aliphatic heterocycles. The molecule has 0 unspecified atom stereocenters. The van der Waals surface area contributed by atoms with Crippen molar-refractivity contribution in [3.05, 3.63) is 24.3 Å². The van der Waals surface area contributed by atoms with Crippen LogP contribution in [0.25, 0.3) is 0 Å². The van der Waals surface area contributed by atoms with E-state index in [1.54, 1.807) is 7.11 Å². The van der Waals surface area contributed by atoms with Crippen LogP contribution >= 0.6 is 0 Å². The molecular formula is C18H29N4O3+. The average molecular weight is 349 g/mol. The molecule has 3 N–H and O–H groups in total. The summed E-state index contributed by atoms with van der Waals surface area (Å²) in [5.74, 6) is 0.619. The molecule has 1 aromatic carbocycles. The number of benzene rings is 1. The summed E-state index contributed by atoms with van der Waals surface area (Å²) in [6.07, 6.45) is 0.834. The number of nitrogens with one attached hydrogen (secondary N) is 3. The molecule has 1 aromatic rings. The maximum atomic E-state index is 12.0. The number of ether oxygens (including phenoxy) is 1. The summed E-state index contributed by atoms with van der Waals surface area (Å²) >= 11 is 0. The molecule has 25 heavy (non-hydrogen) atoms. The third-order valence-corrected chi connectivity index (χ3v) is 4.56. The van der Waals surface area contributed by atoms with E-state index in [1.165, 1.54) is 4.90 Å². The number of hydrogen-bond donors (Lipinski definition) is 3. The van der Waals surface area contributed by atoms with Crippen LogP contribution < -0.4 is 25.2 Å². The second-order valence-electron chi connectivity index (χ2n) is 6.44. The molecule has 1 heterocycles. The van der Waals surface area contributed by atoms with Crippen molar-refractivity contribution in [1.82, 2.24) is 10.6 Å². The Morgan fingerprint density at radius 2 is 1.88 bits per heavy atom. The lowest BCUT2D eigenvalue weighted by atomic mass is 10.2. The normalized spacial score (nSPS) is 16.2. The monoisotopic (exact) mass is 349 g/mol. The maximum Gasteiger partial charge on any atom is 0.321 e. The SMILES string of the molecule is CC[C@@H](C)NC(=O)NC(=O)C[NH+]1CCN(c2ccc(OC)cc2)CC1. The molecule has 0 aromatic heterocycles. The van der Waals surface area contributed by atoms with Crippen LogP contribution in [-0.4, -0.2) is 57.8 Å². The van der Waals surface area contributed by atoms with Crippen LogP contribution in [-0.2, 0) is 4.79 Å². The molecule has 3 amide bonds. The van der Waals surface area contributed by atoms with Crippen molar-refractivity contribution >= 4 is 17.6 Å². The standard InChI is InChI=1S/C18H28N4O3/c1-4-14(2)19-18(24)20-17(23)13-21-9-11-22(12-10-21)15-5-7-16(25-3)8-6-15/h5-8,14H,4,9-13H2,1-3H3,(H2,19,20,23,24)/p+1/t14-/m1/s1. The summed E-state index contributed by atoms with van der Waals surface area (Å²) in [6.45, 7) is 7.72. The number of imide groups is 1. The topological polar surface area (TPSA) is 75.1 Å². The number of carbonyl (C=O) groups excluding carboxylic acids is 2. The van der Waals surface area contributed by atoms with Gasteiger partial charge in [0, 0.05) is 11.7 Å². The fourth-order valence-electron chi connectivity index (χ4n) is 2.81. The van der Waals surface area contributed by atoms with Crippen molar-refractivity contribution < 1.29 is 19.2 Å². The highest BCUT2D eigenvalue weighted by atomic mass is 16.5. The zero-order chi connectivity index (χ0) is 18.2. The van der Waals surface area contributed by atoms with Crippen molar-refractivity contribution in [3.63, 3.8) is 0 Å². The van der Waals surface area contributed by atoms with Crippen LogP contribution in [0.1, 0.15) is 20.3 Å². The largest absolute Gasteiger partial charge is 0.497 e. The molecule has 1 atom stereocenters. The molecule has 7 nitrogen and oxygen atoms in total. The Morgan fingerprint density at radius 1 is 1.24 bits per heavy atom. The van der Waals surface area contributed by atoms with Gasteiger partial charge in [0.1, 0.15) is 5.75 Å². The number of methoxy groups -OCH3 is 1. The fourth-order valence-corrected chi connectivity index (χ4v) is 2.81. The third kappa shape index (κ3) is 5.94. The molecule has 1 fully saturated rings. The first kappa shape index (κ1) is 19.1. The number of piperazine rings is 1. The number of carbonyl (C=O) groups is 2. The third-order valence-electron chi connectivity index (χ3n) is 4.56. The quantitative estimate of drug-likeness (QED) is 0.677. The first-order valence-corrected chi connectivity index (χ1v) is 8.84. The van der Waals surface area contributed by atoms with Crippen molar-refractivity contribution in [3.8, 4) is 5.75 Å². The van der Waals surface area contributed by atoms with E-state index in [0.29, 0.717) is 6.54 Å². The molecule has 1 saturated heterocycles. The Labute approximate surface area is 149 Å². The van der Waals surface area contributed by atoms with Crippen LogP contribution in [0, 0.1) is 0 Å². The van der Waals surface area contributed by atoms with E-state index >= 15 is 0 Å². The molecule has 1 aliphatic rings. The van der Waals surface area contributed by atoms with Crippen LogP contribution in [0.3, 0.4) is 0 Å². The Morgan fingerprint density at radius 3 is 2.44 bits per heavy atom. The smallest absolute Gasteiger partial charge is 0.321 e. The van der Waals surface area contributed by atoms with Gasteiger partial charge >= 0.3 is 6.03 Å². The summed E-state index contributed by atoms with van der Waals surface area (Å²) in [7, 11) is 1.66. The average Bonchev–Trinajstić information content (AvgIpc) is 2.62. The molecule has 0 radical (unpaired) electrons. The number of rotatable bonds is 6. The second kappa shape index (κ2) is 9.27. The van der Waals surface area contributed by atoms with Gasteiger partial charge in [0.25, 0.3) is 5.91 Å². The molecule has 2 rings (SSSR count). The number of anilines is 1. The Bertz CT molecular complexity index is 568. The highest BCUT2D eigenvalue weighted by Crippen LogP contribution is 2.18. The zero-order valence-electron chi connectivity index (χ0n) is 15.3. The number of quaternary nitrogens is 1. The van der Waals surface area contributed by atoms with Gasteiger partial charge in [-0.05, 0) is 37.6 Å². The summed E-state index contributed by atoms with van der Waals surface area (Å²) in [4.78, 5) is 27.2. The predicted octanol–water partition coefficient (Wildman–Crippen LogP) is 0.0244. The second-order valence-corrected chi connectivity index (χ2v) is 6.44. The van der Waals surface area contributed by atoms with E-state index in [4.69, 9.17) is 4.74 Å². The van der Waals surface area contributed by atoms with Gasteiger partial charge in [-0.1, -0.05) is 6.92 Å². The molecule has 7 heteroatoms. The lowest BCUT2D eigenvalue weighted by molar-refractivity contribution is -0.892. The van der Waals surface area contributed by atoms with E-state index < -0.39 is 6.03 Å². The molecule has 0 saturated carbocycles. The van der Waals surface area contributed by atoms with E-state index in [1.807, 2.05) is 26.0 Å². The van der Waals surface area contributed by atoms with E-state index in [2.05, 4.69) is 27.7 Å². The Hall–Kier alpha value is -2.28. The molecule has 0 spiro atoms. The van der Waals surface area contributed by atoms with Gasteiger partial charge < -0.3 is 19.9 Å². The molecular weight excluding hydrogens is 320 g/mol. The summed E-state index contributed by atoms with van der Waals surface area (Å²) < 4.78 is 5.18. The van der Waals surface area contributed by atoms with Gasteiger partial charge in [-0.2, -0.15) is 0 Å². The predicted molar refractivity (Wildman–Crippen MR) is 97.2 cm³/mol. The summed E-state index contributed by atoms with van der Waals surface area (Å²) in [5.41, 5.74) is 1.16. The van der Waals surface area contributed by atoms with Crippen molar-refractivity contribution in [2.75, 3.05) is 44.7 Å². The molecule has 0 aliphatic carbocycles. The van der Waals surface area contributed by atoms with Crippen LogP contribution in [0.2, 0.25) is 0 Å². The Kier molecular flexibility index (Phi) is 7.06. The van der Waals surface area contributed by atoms with E-state index in [9.17, 15) is 9.59 Å². The minimum atomic E-state index is -0.407. The molecule has 138 valence electrons. The van der Waals surface area contributed by atoms with Gasteiger partial charge in [0.15, 0.2) is 6.54 Å². The maximum absolute atomic E-state index is 12.0. The number of nitrogens with zero attached hydrogens (tertiary/aromatic N) is 1. The number of hydrogen-bond acceptors (Lipinski definition) is 4. The van der Waals surface area contributed by atoms with Crippen LogP contribution in [0.4, 0.5) is 10.5 Å². The first-order chi connectivity index (χ1) is 12.0. The van der Waals surface area contributed by atoms with Gasteiger partial charge in [0.2, 0.25) is 0 Å². The van der Waals surface area contributed by atoms with Gasteiger partial charge in [-0.25, -0.2) is 4.79 Å². The fraction of sp³-hybridized carbons (Fsp3) is 0.556. The Balaban J connectivity index is 1.74. The van der Waals surface area contributed by atoms with E-state index in [-0.39, 0.29) is 11.9 Å². The summed E-state index contributed by atoms with van der Waals surface area (Å²) in [6, 6.07) is 7.67. The number of urea groups is 1. The van der Waals surface area contributed by atoms with Gasteiger partial charge in [-0.3, -0.25) is 10.1 Å².